The summed E-state index contributed by atoms with van der Waals surface area (Å²) in [6.07, 6.45) is -4.76. The fraction of sp³-hybridized carbons (Fsp3) is 0.364. The molecule has 8 heteroatoms. The van der Waals surface area contributed by atoms with Crippen molar-refractivity contribution in [3.05, 3.63) is 35.4 Å². The Bertz CT molecular complexity index is 451. The van der Waals surface area contributed by atoms with Crippen molar-refractivity contribution in [2.45, 2.75) is 12.2 Å². The van der Waals surface area contributed by atoms with Crippen LogP contribution >= 0.6 is 0 Å². The van der Waals surface area contributed by atoms with E-state index in [9.17, 15) is 22.5 Å². The Kier molecular flexibility index (Phi) is 5.07. The van der Waals surface area contributed by atoms with Crippen LogP contribution in [-0.2, 0) is 17.4 Å². The van der Waals surface area contributed by atoms with Gasteiger partial charge in [0, 0.05) is 0 Å². The molecule has 0 aliphatic heterocycles. The minimum Gasteiger partial charge on any atom is -0.616 e. The molecule has 1 amide bonds. The molecule has 0 saturated carbocycles. The monoisotopic (exact) mass is 295 g/mol. The van der Waals surface area contributed by atoms with Gasteiger partial charge in [-0.05, 0) is 11.6 Å². The summed E-state index contributed by atoms with van der Waals surface area (Å²) in [4.78, 5) is 10.6. The topological polar surface area (TPSA) is 72.4 Å². The first-order valence-corrected chi connectivity index (χ1v) is 6.90. The zero-order chi connectivity index (χ0) is 14.6. The molecule has 2 atom stereocenters. The lowest BCUT2D eigenvalue weighted by Crippen LogP contribution is -2.33. The lowest BCUT2D eigenvalue weighted by Gasteiger charge is -2.21. The number of alkyl halides is 3. The highest BCUT2D eigenvalue weighted by molar-refractivity contribution is 7.90. The Balaban J connectivity index is 3.18. The molecule has 0 spiro atoms. The fourth-order valence-corrected chi connectivity index (χ4v) is 2.38. The van der Waals surface area contributed by atoms with Gasteiger partial charge in [0.25, 0.3) is 0 Å². The van der Waals surface area contributed by atoms with E-state index in [4.69, 9.17) is 5.11 Å². The van der Waals surface area contributed by atoms with Gasteiger partial charge in [-0.2, -0.15) is 13.2 Å². The van der Waals surface area contributed by atoms with Gasteiger partial charge in [-0.3, -0.25) is 0 Å². The first-order chi connectivity index (χ1) is 8.71. The first-order valence-electron chi connectivity index (χ1n) is 5.17. The van der Waals surface area contributed by atoms with Crippen LogP contribution in [0.4, 0.5) is 18.0 Å². The number of rotatable bonds is 4. The minimum absolute atomic E-state index is 0.223. The number of halogens is 3. The highest BCUT2D eigenvalue weighted by Gasteiger charge is 2.36. The molecule has 1 rings (SSSR count). The average Bonchev–Trinajstić information content (AvgIpc) is 2.25. The molecule has 4 nitrogen and oxygen atoms in total. The van der Waals surface area contributed by atoms with E-state index in [-0.39, 0.29) is 11.3 Å². The highest BCUT2D eigenvalue weighted by Crippen LogP contribution is 2.34. The van der Waals surface area contributed by atoms with Crippen LogP contribution in [0.5, 0.6) is 0 Å². The molecule has 106 valence electrons. The molecular formula is C11H12F3NO3S. The summed E-state index contributed by atoms with van der Waals surface area (Å²) in [6, 6.07) is 3.47. The van der Waals surface area contributed by atoms with E-state index in [1.165, 1.54) is 24.5 Å². The van der Waals surface area contributed by atoms with Gasteiger partial charge in [-0.1, -0.05) is 29.4 Å². The van der Waals surface area contributed by atoms with E-state index in [1.54, 1.807) is 0 Å². The molecule has 1 aromatic rings. The summed E-state index contributed by atoms with van der Waals surface area (Å²) in [7, 11) is 0. The predicted octanol–water partition coefficient (Wildman–Crippen LogP) is 2.39. The van der Waals surface area contributed by atoms with E-state index in [2.05, 4.69) is 0 Å². The predicted molar refractivity (Wildman–Crippen MR) is 64.3 cm³/mol. The molecule has 19 heavy (non-hydrogen) atoms. The van der Waals surface area contributed by atoms with Crippen LogP contribution in [0.1, 0.15) is 17.2 Å². The number of benzene rings is 1. The Hall–Kier alpha value is -1.41. The molecule has 1 aromatic carbocycles. The Labute approximate surface area is 110 Å². The molecule has 0 heterocycles. The lowest BCUT2D eigenvalue weighted by atomic mass is 10.0. The second-order valence-electron chi connectivity index (χ2n) is 3.83. The summed E-state index contributed by atoms with van der Waals surface area (Å²) >= 11 is -1.44. The van der Waals surface area contributed by atoms with Gasteiger partial charge in [-0.25, -0.2) is 4.79 Å². The van der Waals surface area contributed by atoms with Crippen LogP contribution in [0.25, 0.3) is 0 Å². The summed E-state index contributed by atoms with van der Waals surface area (Å²) in [6.45, 7) is 0. The molecule has 0 saturated heterocycles. The number of amides is 1. The average molecular weight is 295 g/mol. The van der Waals surface area contributed by atoms with E-state index >= 15 is 0 Å². The van der Waals surface area contributed by atoms with E-state index in [1.807, 2.05) is 5.32 Å². The number of carbonyl (C=O) groups is 1. The van der Waals surface area contributed by atoms with Gasteiger partial charge in [-0.15, -0.1) is 0 Å². The van der Waals surface area contributed by atoms with Crippen molar-refractivity contribution in [2.75, 3.05) is 12.0 Å². The summed E-state index contributed by atoms with van der Waals surface area (Å²) in [5.74, 6) is -0.223. The van der Waals surface area contributed by atoms with Crippen LogP contribution in [0.3, 0.4) is 0 Å². The van der Waals surface area contributed by atoms with Gasteiger partial charge in [0.2, 0.25) is 0 Å². The van der Waals surface area contributed by atoms with E-state index in [0.717, 1.165) is 6.07 Å². The van der Waals surface area contributed by atoms with Gasteiger partial charge >= 0.3 is 12.3 Å². The normalized spacial score (nSPS) is 14.8. The molecule has 0 radical (unpaired) electrons. The van der Waals surface area contributed by atoms with Crippen LogP contribution in [0, 0.1) is 0 Å². The zero-order valence-electron chi connectivity index (χ0n) is 9.90. The van der Waals surface area contributed by atoms with Crippen molar-refractivity contribution in [3.63, 3.8) is 0 Å². The maximum atomic E-state index is 12.8. The molecule has 0 fully saturated rings. The maximum Gasteiger partial charge on any atom is 0.416 e. The third-order valence-electron chi connectivity index (χ3n) is 2.34. The Morgan fingerprint density at radius 3 is 2.53 bits per heavy atom. The van der Waals surface area contributed by atoms with Crippen molar-refractivity contribution < 1.29 is 27.6 Å². The number of carboxylic acid groups (broad SMARTS) is 1. The molecule has 0 aliphatic carbocycles. The smallest absolute Gasteiger partial charge is 0.416 e. The van der Waals surface area contributed by atoms with Crippen molar-refractivity contribution in [1.29, 1.82) is 0 Å². The number of nitrogens with one attached hydrogen (secondary N) is 1. The van der Waals surface area contributed by atoms with Gasteiger partial charge in [0.15, 0.2) is 0 Å². The van der Waals surface area contributed by atoms with Gasteiger partial charge in [0.05, 0.1) is 11.8 Å². The fourth-order valence-electron chi connectivity index (χ4n) is 1.65. The third-order valence-corrected chi connectivity index (χ3v) is 3.14. The molecule has 2 N–H and O–H groups in total. The summed E-state index contributed by atoms with van der Waals surface area (Å²) in [5.41, 5.74) is -1.16. The van der Waals surface area contributed by atoms with Crippen molar-refractivity contribution in [2.24, 2.45) is 0 Å². The second-order valence-corrected chi connectivity index (χ2v) is 5.31. The molecule has 2 unspecified atom stereocenters. The maximum absolute atomic E-state index is 12.8. The molecule has 0 bridgehead atoms. The summed E-state index contributed by atoms with van der Waals surface area (Å²) in [5, 5.41) is 10.6. The number of hydrogen-bond donors (Lipinski definition) is 2. The molecular weight excluding hydrogens is 283 g/mol. The van der Waals surface area contributed by atoms with Gasteiger partial charge in [0.1, 0.15) is 11.8 Å². The highest BCUT2D eigenvalue weighted by atomic mass is 32.2. The minimum atomic E-state index is -4.59. The number of hydrogen-bond acceptors (Lipinski definition) is 2. The quantitative estimate of drug-likeness (QED) is 0.838. The van der Waals surface area contributed by atoms with Crippen LogP contribution in [0.2, 0.25) is 0 Å². The lowest BCUT2D eigenvalue weighted by molar-refractivity contribution is -0.138. The van der Waals surface area contributed by atoms with Crippen molar-refractivity contribution >= 4 is 17.3 Å². The zero-order valence-corrected chi connectivity index (χ0v) is 10.7. The van der Waals surface area contributed by atoms with Crippen molar-refractivity contribution in [1.82, 2.24) is 5.32 Å². The molecule has 0 aromatic heterocycles. The standard InChI is InChI=1S/C11H12F3NO3S/c1-19(18)6-9(15-10(16)17)7-4-2-3-5-8(7)11(12,13)14/h2-5,9,15H,6H2,1H3,(H,16,17). The van der Waals surface area contributed by atoms with Crippen LogP contribution in [-0.4, -0.2) is 27.8 Å². The van der Waals surface area contributed by atoms with Gasteiger partial charge < -0.3 is 15.0 Å². The van der Waals surface area contributed by atoms with Crippen LogP contribution < -0.4 is 5.32 Å². The van der Waals surface area contributed by atoms with E-state index in [0.29, 0.717) is 0 Å². The first kappa shape index (κ1) is 15.6. The summed E-state index contributed by atoms with van der Waals surface area (Å²) < 4.78 is 49.7. The van der Waals surface area contributed by atoms with Crippen LogP contribution in [0.15, 0.2) is 24.3 Å². The molecule has 0 aliphatic rings. The Morgan fingerprint density at radius 2 is 2.05 bits per heavy atom. The SMILES string of the molecule is C[S+]([O-])CC(NC(=O)O)c1ccccc1C(F)(F)F. The third kappa shape index (κ3) is 4.64. The Morgan fingerprint density at radius 1 is 1.47 bits per heavy atom. The second kappa shape index (κ2) is 6.16. The largest absolute Gasteiger partial charge is 0.616 e. The van der Waals surface area contributed by atoms with Crippen molar-refractivity contribution in [3.8, 4) is 0 Å². The van der Waals surface area contributed by atoms with E-state index < -0.39 is 35.1 Å².